The van der Waals surface area contributed by atoms with E-state index in [0.717, 1.165) is 29.7 Å². The molecule has 1 fully saturated rings. The van der Waals surface area contributed by atoms with Crippen LogP contribution in [0, 0.1) is 0 Å². The normalized spacial score (nSPS) is 23.2. The molecule has 1 saturated heterocycles. The van der Waals surface area contributed by atoms with Crippen molar-refractivity contribution in [3.8, 4) is 5.75 Å². The monoisotopic (exact) mass is 355 g/mol. The lowest BCUT2D eigenvalue weighted by Gasteiger charge is -2.28. The number of nitrogens with one attached hydrogen (secondary N) is 1. The summed E-state index contributed by atoms with van der Waals surface area (Å²) in [5, 5.41) is 3.36. The Morgan fingerprint density at radius 3 is 2.62 bits per heavy atom. The first kappa shape index (κ1) is 16.8. The zero-order chi connectivity index (χ0) is 15.7. The van der Waals surface area contributed by atoms with E-state index in [1.165, 1.54) is 5.56 Å². The van der Waals surface area contributed by atoms with E-state index in [9.17, 15) is 0 Å². The Hall–Kier alpha value is -0.580. The van der Waals surface area contributed by atoms with Gasteiger partial charge in [-0.2, -0.15) is 0 Å². The van der Waals surface area contributed by atoms with Gasteiger partial charge in [0.05, 0.1) is 5.60 Å². The molecule has 0 aliphatic carbocycles. The van der Waals surface area contributed by atoms with Crippen LogP contribution in [-0.4, -0.2) is 23.9 Å². The Labute approximate surface area is 136 Å². The van der Waals surface area contributed by atoms with E-state index in [4.69, 9.17) is 9.47 Å². The van der Waals surface area contributed by atoms with Crippen molar-refractivity contribution in [1.29, 1.82) is 0 Å². The molecule has 1 atom stereocenters. The predicted octanol–water partition coefficient (Wildman–Crippen LogP) is 4.28. The van der Waals surface area contributed by atoms with Crippen LogP contribution in [0.15, 0.2) is 22.7 Å². The van der Waals surface area contributed by atoms with E-state index < -0.39 is 0 Å². The van der Waals surface area contributed by atoms with Crippen LogP contribution < -0.4 is 10.1 Å². The molecule has 0 aromatic heterocycles. The van der Waals surface area contributed by atoms with Gasteiger partial charge in [-0.05, 0) is 52.4 Å². The zero-order valence-corrected chi connectivity index (χ0v) is 15.2. The highest BCUT2D eigenvalue weighted by atomic mass is 79.9. The first-order valence-corrected chi connectivity index (χ1v) is 8.39. The summed E-state index contributed by atoms with van der Waals surface area (Å²) in [6.07, 6.45) is 0.963. The number of hydrogen-bond acceptors (Lipinski definition) is 3. The maximum absolute atomic E-state index is 6.32. The zero-order valence-electron chi connectivity index (χ0n) is 13.6. The van der Waals surface area contributed by atoms with Crippen molar-refractivity contribution < 1.29 is 9.47 Å². The highest BCUT2D eigenvalue weighted by Crippen LogP contribution is 2.40. The molecule has 118 valence electrons. The van der Waals surface area contributed by atoms with Gasteiger partial charge in [0.2, 0.25) is 0 Å². The molecule has 1 aliphatic rings. The molecule has 1 unspecified atom stereocenters. The van der Waals surface area contributed by atoms with Gasteiger partial charge in [-0.3, -0.25) is 0 Å². The van der Waals surface area contributed by atoms with Gasteiger partial charge in [0.1, 0.15) is 17.5 Å². The summed E-state index contributed by atoms with van der Waals surface area (Å²) in [5.74, 6) is 0.943. The molecule has 0 saturated carbocycles. The maximum Gasteiger partial charge on any atom is 0.130 e. The quantitative estimate of drug-likeness (QED) is 0.854. The van der Waals surface area contributed by atoms with Crippen LogP contribution in [0.1, 0.15) is 46.6 Å². The van der Waals surface area contributed by atoms with Crippen LogP contribution in [0.4, 0.5) is 0 Å². The summed E-state index contributed by atoms with van der Waals surface area (Å²) in [6.45, 7) is 12.3. The first-order chi connectivity index (χ1) is 9.73. The van der Waals surface area contributed by atoms with Gasteiger partial charge in [-0.15, -0.1) is 0 Å². The van der Waals surface area contributed by atoms with Crippen LogP contribution in [-0.2, 0) is 11.3 Å². The van der Waals surface area contributed by atoms with E-state index in [2.05, 4.69) is 61.9 Å². The third kappa shape index (κ3) is 4.21. The fraction of sp³-hybridized carbons (Fsp3) is 0.647. The van der Waals surface area contributed by atoms with Crippen LogP contribution >= 0.6 is 15.9 Å². The molecule has 0 amide bonds. The standard InChI is InChI=1S/C17H26BrNO2/c1-6-19-11-12-9-13(18)7-8-14(12)20-15-10-16(2,3)21-17(15,4)5/h7-9,15,19H,6,10-11H2,1-5H3. The van der Waals surface area contributed by atoms with Gasteiger partial charge in [-0.1, -0.05) is 22.9 Å². The number of rotatable bonds is 5. The maximum atomic E-state index is 6.32. The second kappa shape index (κ2) is 6.27. The van der Waals surface area contributed by atoms with E-state index in [1.807, 2.05) is 12.1 Å². The van der Waals surface area contributed by atoms with Crippen molar-refractivity contribution in [3.63, 3.8) is 0 Å². The average molecular weight is 356 g/mol. The Bertz CT molecular complexity index is 500. The molecule has 2 rings (SSSR count). The minimum atomic E-state index is -0.272. The van der Waals surface area contributed by atoms with Crippen molar-refractivity contribution in [2.75, 3.05) is 6.54 Å². The van der Waals surface area contributed by atoms with Crippen LogP contribution in [0.3, 0.4) is 0 Å². The Morgan fingerprint density at radius 2 is 2.05 bits per heavy atom. The third-order valence-corrected chi connectivity index (χ3v) is 4.34. The molecule has 0 bridgehead atoms. The lowest BCUT2D eigenvalue weighted by atomic mass is 9.97. The summed E-state index contributed by atoms with van der Waals surface area (Å²) in [4.78, 5) is 0. The SMILES string of the molecule is CCNCc1cc(Br)ccc1OC1CC(C)(C)OC1(C)C. The molecule has 1 aromatic carbocycles. The molecule has 0 spiro atoms. The van der Waals surface area contributed by atoms with E-state index in [1.54, 1.807) is 0 Å². The molecule has 1 N–H and O–H groups in total. The Kier molecular flexibility index (Phi) is 5.01. The molecule has 21 heavy (non-hydrogen) atoms. The molecule has 0 radical (unpaired) electrons. The summed E-state index contributed by atoms with van der Waals surface area (Å²) in [5.41, 5.74) is 0.768. The van der Waals surface area contributed by atoms with E-state index in [0.29, 0.717) is 0 Å². The summed E-state index contributed by atoms with van der Waals surface area (Å²) < 4.78 is 13.5. The minimum absolute atomic E-state index is 0.0639. The second-order valence-electron chi connectivity index (χ2n) is 6.81. The predicted molar refractivity (Wildman–Crippen MR) is 89.8 cm³/mol. The van der Waals surface area contributed by atoms with Crippen molar-refractivity contribution in [1.82, 2.24) is 5.32 Å². The van der Waals surface area contributed by atoms with Crippen molar-refractivity contribution in [3.05, 3.63) is 28.2 Å². The Balaban J connectivity index is 2.19. The molecule has 3 nitrogen and oxygen atoms in total. The topological polar surface area (TPSA) is 30.5 Å². The van der Waals surface area contributed by atoms with E-state index in [-0.39, 0.29) is 17.3 Å². The van der Waals surface area contributed by atoms with Crippen LogP contribution in [0.5, 0.6) is 5.75 Å². The van der Waals surface area contributed by atoms with Crippen LogP contribution in [0.2, 0.25) is 0 Å². The smallest absolute Gasteiger partial charge is 0.130 e. The molecule has 4 heteroatoms. The van der Waals surface area contributed by atoms with Gasteiger partial charge in [0.25, 0.3) is 0 Å². The number of halogens is 1. The average Bonchev–Trinajstić information content (AvgIpc) is 2.57. The lowest BCUT2D eigenvalue weighted by Crippen LogP contribution is -2.37. The number of benzene rings is 1. The minimum Gasteiger partial charge on any atom is -0.487 e. The van der Waals surface area contributed by atoms with Crippen LogP contribution in [0.25, 0.3) is 0 Å². The van der Waals surface area contributed by atoms with E-state index >= 15 is 0 Å². The van der Waals surface area contributed by atoms with Gasteiger partial charge in [0.15, 0.2) is 0 Å². The van der Waals surface area contributed by atoms with Gasteiger partial charge >= 0.3 is 0 Å². The van der Waals surface area contributed by atoms with Gasteiger partial charge < -0.3 is 14.8 Å². The third-order valence-electron chi connectivity index (χ3n) is 3.85. The van der Waals surface area contributed by atoms with Gasteiger partial charge in [0, 0.05) is 23.0 Å². The largest absolute Gasteiger partial charge is 0.487 e. The molecule has 1 aromatic rings. The molecular weight excluding hydrogens is 330 g/mol. The van der Waals surface area contributed by atoms with Crippen molar-refractivity contribution in [2.45, 2.75) is 64.9 Å². The highest BCUT2D eigenvalue weighted by Gasteiger charge is 2.47. The van der Waals surface area contributed by atoms with Crippen molar-refractivity contribution >= 4 is 15.9 Å². The summed E-state index contributed by atoms with van der Waals surface area (Å²) in [7, 11) is 0. The second-order valence-corrected chi connectivity index (χ2v) is 7.72. The van der Waals surface area contributed by atoms with Gasteiger partial charge in [-0.25, -0.2) is 0 Å². The molecular formula is C17H26BrNO2. The first-order valence-electron chi connectivity index (χ1n) is 7.59. The fourth-order valence-electron chi connectivity index (χ4n) is 2.91. The summed E-state index contributed by atoms with van der Waals surface area (Å²) in [6, 6.07) is 6.18. The molecule has 1 heterocycles. The highest BCUT2D eigenvalue weighted by molar-refractivity contribution is 9.10. The summed E-state index contributed by atoms with van der Waals surface area (Å²) >= 11 is 3.53. The molecule has 1 aliphatic heterocycles. The Morgan fingerprint density at radius 1 is 1.33 bits per heavy atom. The van der Waals surface area contributed by atoms with Crippen molar-refractivity contribution in [2.24, 2.45) is 0 Å². The lowest BCUT2D eigenvalue weighted by molar-refractivity contribution is -0.0846. The number of ether oxygens (including phenoxy) is 2. The number of hydrogen-bond donors (Lipinski definition) is 1. The fourth-order valence-corrected chi connectivity index (χ4v) is 3.32.